The molecular formula is C19H16N4O7. The number of esters is 1. The number of aromatic nitrogens is 2. The summed E-state index contributed by atoms with van der Waals surface area (Å²) in [5.74, 6) is -0.176. The van der Waals surface area contributed by atoms with Crippen LogP contribution in [0.4, 0.5) is 5.69 Å². The molecule has 0 aliphatic heterocycles. The van der Waals surface area contributed by atoms with E-state index < -0.39 is 16.8 Å². The van der Waals surface area contributed by atoms with E-state index in [1.807, 2.05) is 0 Å². The molecule has 11 heteroatoms. The summed E-state index contributed by atoms with van der Waals surface area (Å²) in [6, 6.07) is 9.80. The van der Waals surface area contributed by atoms with Gasteiger partial charge in [0.05, 0.1) is 16.1 Å². The highest BCUT2D eigenvalue weighted by Gasteiger charge is 2.18. The topological polar surface area (TPSA) is 161 Å². The monoisotopic (exact) mass is 412 g/mol. The van der Waals surface area contributed by atoms with E-state index in [2.05, 4.69) is 10.1 Å². The quantitative estimate of drug-likeness (QED) is 0.332. The number of nitro benzene ring substituents is 1. The zero-order valence-electron chi connectivity index (χ0n) is 15.7. The Kier molecular flexibility index (Phi) is 6.01. The number of carbonyl (C=O) groups is 2. The summed E-state index contributed by atoms with van der Waals surface area (Å²) in [6.07, 6.45) is 0. The van der Waals surface area contributed by atoms with Crippen LogP contribution in [0.3, 0.4) is 0 Å². The fourth-order valence-electron chi connectivity index (χ4n) is 2.47. The van der Waals surface area contributed by atoms with Crippen molar-refractivity contribution in [3.8, 4) is 5.75 Å². The second kappa shape index (κ2) is 8.82. The van der Waals surface area contributed by atoms with E-state index in [0.717, 1.165) is 6.07 Å². The Morgan fingerprint density at radius 1 is 1.13 bits per heavy atom. The zero-order valence-corrected chi connectivity index (χ0v) is 15.7. The third-order valence-corrected chi connectivity index (χ3v) is 3.95. The lowest BCUT2D eigenvalue weighted by atomic mass is 10.1. The van der Waals surface area contributed by atoms with Gasteiger partial charge in [0, 0.05) is 18.6 Å². The first-order valence-electron chi connectivity index (χ1n) is 8.60. The molecule has 1 amide bonds. The summed E-state index contributed by atoms with van der Waals surface area (Å²) in [5.41, 5.74) is 5.12. The van der Waals surface area contributed by atoms with Gasteiger partial charge in [-0.15, -0.1) is 0 Å². The predicted octanol–water partition coefficient (Wildman–Crippen LogP) is 2.32. The van der Waals surface area contributed by atoms with Crippen molar-refractivity contribution in [1.29, 1.82) is 0 Å². The molecule has 154 valence electrons. The van der Waals surface area contributed by atoms with Gasteiger partial charge in [-0.05, 0) is 36.4 Å². The molecule has 3 aromatic rings. The number of benzene rings is 2. The van der Waals surface area contributed by atoms with Gasteiger partial charge in [-0.25, -0.2) is 4.79 Å². The maximum absolute atomic E-state index is 12.2. The number of ether oxygens (including phenoxy) is 2. The Labute approximate surface area is 169 Å². The van der Waals surface area contributed by atoms with Crippen molar-refractivity contribution in [2.75, 3.05) is 0 Å². The number of nitrogens with two attached hydrogens (primary N) is 1. The summed E-state index contributed by atoms with van der Waals surface area (Å²) >= 11 is 0. The maximum atomic E-state index is 12.2. The number of carbonyl (C=O) groups excluding carboxylic acids is 2. The SMILES string of the molecule is Cc1nc(COc2ccc(C(=O)OCc3ccc(C(N)=O)cc3[N+](=O)[O-])cc2)no1. The minimum absolute atomic E-state index is 0.0108. The van der Waals surface area contributed by atoms with Crippen LogP contribution in [0.1, 0.15) is 38.0 Å². The number of aryl methyl sites for hydroxylation is 1. The maximum Gasteiger partial charge on any atom is 0.338 e. The van der Waals surface area contributed by atoms with Gasteiger partial charge in [0.2, 0.25) is 17.6 Å². The number of primary amides is 1. The Morgan fingerprint density at radius 2 is 1.83 bits per heavy atom. The van der Waals surface area contributed by atoms with E-state index in [4.69, 9.17) is 19.7 Å². The molecule has 0 bridgehead atoms. The van der Waals surface area contributed by atoms with E-state index in [0.29, 0.717) is 17.5 Å². The Morgan fingerprint density at radius 3 is 2.43 bits per heavy atom. The van der Waals surface area contributed by atoms with Crippen molar-refractivity contribution in [1.82, 2.24) is 10.1 Å². The zero-order chi connectivity index (χ0) is 21.7. The van der Waals surface area contributed by atoms with Crippen LogP contribution >= 0.6 is 0 Å². The third kappa shape index (κ3) is 4.95. The van der Waals surface area contributed by atoms with Gasteiger partial charge in [0.25, 0.3) is 5.69 Å². The Bertz CT molecular complexity index is 1090. The Balaban J connectivity index is 1.61. The second-order valence-electron chi connectivity index (χ2n) is 6.08. The number of rotatable bonds is 8. The molecule has 1 aromatic heterocycles. The fraction of sp³-hybridized carbons (Fsp3) is 0.158. The van der Waals surface area contributed by atoms with Crippen LogP contribution in [0, 0.1) is 17.0 Å². The Hall–Kier alpha value is -4.28. The standard InChI is InChI=1S/C19H16N4O7/c1-11-21-17(22-30-11)10-28-15-6-4-12(5-7-15)19(25)29-9-14-3-2-13(18(20)24)8-16(14)23(26)27/h2-8H,9-10H2,1H3,(H2,20,24). The minimum Gasteiger partial charge on any atom is -0.485 e. The lowest BCUT2D eigenvalue weighted by molar-refractivity contribution is -0.385. The molecule has 2 aromatic carbocycles. The van der Waals surface area contributed by atoms with Crippen molar-refractivity contribution in [2.24, 2.45) is 5.73 Å². The molecule has 0 fully saturated rings. The summed E-state index contributed by atoms with van der Waals surface area (Å²) in [7, 11) is 0. The van der Waals surface area contributed by atoms with Crippen molar-refractivity contribution in [2.45, 2.75) is 20.1 Å². The molecule has 0 atom stereocenters. The van der Waals surface area contributed by atoms with Crippen molar-refractivity contribution in [3.63, 3.8) is 0 Å². The van der Waals surface area contributed by atoms with Crippen LogP contribution in [0.2, 0.25) is 0 Å². The number of hydrogen-bond acceptors (Lipinski definition) is 9. The molecular weight excluding hydrogens is 396 g/mol. The molecule has 0 saturated carbocycles. The second-order valence-corrected chi connectivity index (χ2v) is 6.08. The van der Waals surface area contributed by atoms with Gasteiger partial charge in [0.1, 0.15) is 12.4 Å². The van der Waals surface area contributed by atoms with Crippen LogP contribution < -0.4 is 10.5 Å². The molecule has 30 heavy (non-hydrogen) atoms. The van der Waals surface area contributed by atoms with E-state index in [1.165, 1.54) is 24.3 Å². The summed E-state index contributed by atoms with van der Waals surface area (Å²) in [5, 5.41) is 14.9. The van der Waals surface area contributed by atoms with Crippen molar-refractivity contribution < 1.29 is 28.5 Å². The molecule has 0 radical (unpaired) electrons. The minimum atomic E-state index is -0.793. The highest BCUT2D eigenvalue weighted by atomic mass is 16.6. The van der Waals surface area contributed by atoms with E-state index in [1.54, 1.807) is 19.1 Å². The predicted molar refractivity (Wildman–Crippen MR) is 101 cm³/mol. The van der Waals surface area contributed by atoms with Crippen LogP contribution in [-0.4, -0.2) is 26.9 Å². The molecule has 0 aliphatic rings. The average Bonchev–Trinajstić information content (AvgIpc) is 3.15. The van der Waals surface area contributed by atoms with E-state index in [-0.39, 0.29) is 35.6 Å². The molecule has 11 nitrogen and oxygen atoms in total. The number of nitro groups is 1. The summed E-state index contributed by atoms with van der Waals surface area (Å²) in [6.45, 7) is 1.42. The first-order chi connectivity index (χ1) is 14.3. The molecule has 0 spiro atoms. The van der Waals surface area contributed by atoms with Crippen LogP contribution in [0.15, 0.2) is 47.0 Å². The normalized spacial score (nSPS) is 10.4. The molecule has 0 aliphatic carbocycles. The summed E-state index contributed by atoms with van der Waals surface area (Å²) in [4.78, 5) is 37.9. The third-order valence-electron chi connectivity index (χ3n) is 3.95. The number of amides is 1. The first-order valence-corrected chi connectivity index (χ1v) is 8.60. The van der Waals surface area contributed by atoms with Gasteiger partial charge in [0.15, 0.2) is 6.61 Å². The lowest BCUT2D eigenvalue weighted by Gasteiger charge is -2.08. The molecule has 0 saturated heterocycles. The van der Waals surface area contributed by atoms with Gasteiger partial charge in [-0.2, -0.15) is 4.98 Å². The highest BCUT2D eigenvalue weighted by molar-refractivity contribution is 5.93. The fourth-order valence-corrected chi connectivity index (χ4v) is 2.47. The van der Waals surface area contributed by atoms with Gasteiger partial charge < -0.3 is 19.7 Å². The van der Waals surface area contributed by atoms with Gasteiger partial charge >= 0.3 is 5.97 Å². The van der Waals surface area contributed by atoms with Gasteiger partial charge in [-0.1, -0.05) is 5.16 Å². The van der Waals surface area contributed by atoms with Crippen LogP contribution in [0.25, 0.3) is 0 Å². The first kappa shape index (κ1) is 20.5. The van der Waals surface area contributed by atoms with Crippen molar-refractivity contribution in [3.05, 3.63) is 81.0 Å². The lowest BCUT2D eigenvalue weighted by Crippen LogP contribution is -2.12. The molecule has 2 N–H and O–H groups in total. The average molecular weight is 412 g/mol. The summed E-state index contributed by atoms with van der Waals surface area (Å²) < 4.78 is 15.5. The van der Waals surface area contributed by atoms with E-state index in [9.17, 15) is 19.7 Å². The smallest absolute Gasteiger partial charge is 0.338 e. The van der Waals surface area contributed by atoms with E-state index >= 15 is 0 Å². The number of hydrogen-bond donors (Lipinski definition) is 1. The molecule has 1 heterocycles. The molecule has 3 rings (SSSR count). The van der Waals surface area contributed by atoms with Crippen LogP contribution in [-0.2, 0) is 18.0 Å². The van der Waals surface area contributed by atoms with Gasteiger partial charge in [-0.3, -0.25) is 14.9 Å². The largest absolute Gasteiger partial charge is 0.485 e. The number of nitrogens with zero attached hydrogens (tertiary/aromatic N) is 3. The van der Waals surface area contributed by atoms with Crippen molar-refractivity contribution >= 4 is 17.6 Å². The highest BCUT2D eigenvalue weighted by Crippen LogP contribution is 2.22. The van der Waals surface area contributed by atoms with Crippen LogP contribution in [0.5, 0.6) is 5.75 Å². The molecule has 0 unspecified atom stereocenters.